The van der Waals surface area contributed by atoms with Crippen LogP contribution in [0.5, 0.6) is 0 Å². The van der Waals surface area contributed by atoms with Crippen LogP contribution in [0.25, 0.3) is 0 Å². The monoisotopic (exact) mass is 284 g/mol. The van der Waals surface area contributed by atoms with Crippen molar-refractivity contribution in [3.05, 3.63) is 0 Å². The molecular weight excluding hydrogens is 256 g/mol. The van der Waals surface area contributed by atoms with Gasteiger partial charge in [0.25, 0.3) is 0 Å². The standard InChI is InChI=1S/C15H28N2O3/c1-15(2,3)17-11-12(10-13(17)19)14(20)16-8-6-4-5-7-9-18/h12,18H,4-11H2,1-3H3,(H,16,20). The molecule has 1 aliphatic heterocycles. The minimum absolute atomic E-state index is 0.00717. The Bertz CT molecular complexity index is 337. The van der Waals surface area contributed by atoms with Crippen molar-refractivity contribution in [2.24, 2.45) is 5.92 Å². The van der Waals surface area contributed by atoms with Gasteiger partial charge in [0.1, 0.15) is 0 Å². The van der Waals surface area contributed by atoms with Crippen molar-refractivity contribution in [1.82, 2.24) is 10.2 Å². The predicted octanol–water partition coefficient (Wildman–Crippen LogP) is 1.30. The summed E-state index contributed by atoms with van der Waals surface area (Å²) in [6.07, 6.45) is 4.08. The highest BCUT2D eigenvalue weighted by Gasteiger charge is 2.39. The van der Waals surface area contributed by atoms with Gasteiger partial charge in [-0.3, -0.25) is 9.59 Å². The first-order valence-corrected chi connectivity index (χ1v) is 7.55. The second-order valence-corrected chi connectivity index (χ2v) is 6.51. The summed E-state index contributed by atoms with van der Waals surface area (Å²) in [6.45, 7) is 7.40. The number of aliphatic hydroxyl groups is 1. The SMILES string of the molecule is CC(C)(C)N1CC(C(=O)NCCCCCCO)CC1=O. The fraction of sp³-hybridized carbons (Fsp3) is 0.867. The van der Waals surface area contributed by atoms with Gasteiger partial charge < -0.3 is 15.3 Å². The zero-order chi connectivity index (χ0) is 15.2. The van der Waals surface area contributed by atoms with Crippen LogP contribution in [-0.2, 0) is 9.59 Å². The molecule has 5 nitrogen and oxygen atoms in total. The molecule has 0 aliphatic carbocycles. The first-order chi connectivity index (χ1) is 9.36. The van der Waals surface area contributed by atoms with E-state index < -0.39 is 0 Å². The maximum absolute atomic E-state index is 12.0. The van der Waals surface area contributed by atoms with Gasteiger partial charge in [0, 0.05) is 31.7 Å². The van der Waals surface area contributed by atoms with Crippen molar-refractivity contribution in [3.8, 4) is 0 Å². The van der Waals surface area contributed by atoms with E-state index in [0.717, 1.165) is 25.7 Å². The molecule has 0 saturated carbocycles. The number of amides is 2. The zero-order valence-corrected chi connectivity index (χ0v) is 12.9. The van der Waals surface area contributed by atoms with E-state index in [1.54, 1.807) is 4.90 Å². The van der Waals surface area contributed by atoms with E-state index in [4.69, 9.17) is 5.11 Å². The van der Waals surface area contributed by atoms with Gasteiger partial charge in [0.05, 0.1) is 5.92 Å². The molecular formula is C15H28N2O3. The molecule has 0 aromatic carbocycles. The maximum atomic E-state index is 12.0. The minimum Gasteiger partial charge on any atom is -0.396 e. The number of carbonyl (C=O) groups is 2. The third-order valence-electron chi connectivity index (χ3n) is 3.69. The van der Waals surface area contributed by atoms with E-state index in [2.05, 4.69) is 5.32 Å². The number of nitrogens with zero attached hydrogens (tertiary/aromatic N) is 1. The predicted molar refractivity (Wildman–Crippen MR) is 78.1 cm³/mol. The number of unbranched alkanes of at least 4 members (excludes halogenated alkanes) is 3. The lowest BCUT2D eigenvalue weighted by Crippen LogP contribution is -2.43. The molecule has 1 fully saturated rings. The van der Waals surface area contributed by atoms with Gasteiger partial charge in [-0.1, -0.05) is 12.8 Å². The number of hydrogen-bond donors (Lipinski definition) is 2. The summed E-state index contributed by atoms with van der Waals surface area (Å²) >= 11 is 0. The molecule has 1 aliphatic rings. The average molecular weight is 284 g/mol. The van der Waals surface area contributed by atoms with Crippen LogP contribution in [-0.4, -0.2) is 47.1 Å². The van der Waals surface area contributed by atoms with Crippen molar-refractivity contribution >= 4 is 11.8 Å². The topological polar surface area (TPSA) is 69.6 Å². The Labute approximate surface area is 121 Å². The van der Waals surface area contributed by atoms with Gasteiger partial charge in [-0.15, -0.1) is 0 Å². The Morgan fingerprint density at radius 3 is 2.50 bits per heavy atom. The molecule has 0 aromatic rings. The molecule has 1 unspecified atom stereocenters. The van der Waals surface area contributed by atoms with Crippen LogP contribution in [0, 0.1) is 5.92 Å². The van der Waals surface area contributed by atoms with E-state index in [9.17, 15) is 9.59 Å². The summed E-state index contributed by atoms with van der Waals surface area (Å²) in [6, 6.07) is 0. The number of likely N-dealkylation sites (tertiary alicyclic amines) is 1. The summed E-state index contributed by atoms with van der Waals surface area (Å²) in [7, 11) is 0. The van der Waals surface area contributed by atoms with Crippen LogP contribution in [0.4, 0.5) is 0 Å². The van der Waals surface area contributed by atoms with E-state index in [1.165, 1.54) is 0 Å². The molecule has 0 bridgehead atoms. The van der Waals surface area contributed by atoms with Gasteiger partial charge in [-0.05, 0) is 33.6 Å². The highest BCUT2D eigenvalue weighted by molar-refractivity contribution is 5.89. The van der Waals surface area contributed by atoms with Gasteiger partial charge in [0.2, 0.25) is 11.8 Å². The minimum atomic E-state index is -0.212. The average Bonchev–Trinajstić information content (AvgIpc) is 2.75. The molecule has 2 N–H and O–H groups in total. The smallest absolute Gasteiger partial charge is 0.225 e. The van der Waals surface area contributed by atoms with Crippen LogP contribution in [0.1, 0.15) is 52.9 Å². The number of nitrogens with one attached hydrogen (secondary N) is 1. The second kappa shape index (κ2) is 7.62. The number of hydrogen-bond acceptors (Lipinski definition) is 3. The van der Waals surface area contributed by atoms with Gasteiger partial charge in [-0.2, -0.15) is 0 Å². The zero-order valence-electron chi connectivity index (χ0n) is 12.9. The summed E-state index contributed by atoms with van der Waals surface area (Å²) in [5.74, 6) is -0.146. The second-order valence-electron chi connectivity index (χ2n) is 6.51. The van der Waals surface area contributed by atoms with E-state index in [0.29, 0.717) is 19.5 Å². The van der Waals surface area contributed by atoms with Crippen LogP contribution in [0.3, 0.4) is 0 Å². The third kappa shape index (κ3) is 5.12. The molecule has 1 saturated heterocycles. The lowest BCUT2D eigenvalue weighted by Gasteiger charge is -2.31. The van der Waals surface area contributed by atoms with Crippen molar-refractivity contribution in [3.63, 3.8) is 0 Å². The highest BCUT2D eigenvalue weighted by Crippen LogP contribution is 2.25. The Kier molecular flexibility index (Phi) is 6.46. The molecule has 1 rings (SSSR count). The molecule has 5 heteroatoms. The van der Waals surface area contributed by atoms with Crippen molar-refractivity contribution < 1.29 is 14.7 Å². The summed E-state index contributed by atoms with van der Waals surface area (Å²) in [4.78, 5) is 25.7. The van der Waals surface area contributed by atoms with Gasteiger partial charge in [0.15, 0.2) is 0 Å². The van der Waals surface area contributed by atoms with Crippen molar-refractivity contribution in [2.75, 3.05) is 19.7 Å². The van der Waals surface area contributed by atoms with E-state index in [-0.39, 0.29) is 29.9 Å². The molecule has 0 radical (unpaired) electrons. The van der Waals surface area contributed by atoms with Crippen molar-refractivity contribution in [2.45, 2.75) is 58.4 Å². The fourth-order valence-electron chi connectivity index (χ4n) is 2.48. The first-order valence-electron chi connectivity index (χ1n) is 7.55. The molecule has 1 heterocycles. The molecule has 0 aromatic heterocycles. The molecule has 20 heavy (non-hydrogen) atoms. The Hall–Kier alpha value is -1.10. The van der Waals surface area contributed by atoms with Crippen LogP contribution >= 0.6 is 0 Å². The number of carbonyl (C=O) groups excluding carboxylic acids is 2. The largest absolute Gasteiger partial charge is 0.396 e. The maximum Gasteiger partial charge on any atom is 0.225 e. The van der Waals surface area contributed by atoms with E-state index in [1.807, 2.05) is 20.8 Å². The Morgan fingerprint density at radius 1 is 1.30 bits per heavy atom. The first kappa shape index (κ1) is 17.0. The molecule has 2 amide bonds. The normalized spacial score (nSPS) is 19.5. The summed E-state index contributed by atoms with van der Waals surface area (Å²) in [5, 5.41) is 11.6. The molecule has 116 valence electrons. The van der Waals surface area contributed by atoms with Crippen LogP contribution < -0.4 is 5.32 Å². The van der Waals surface area contributed by atoms with Gasteiger partial charge in [-0.25, -0.2) is 0 Å². The Balaban J connectivity index is 2.26. The van der Waals surface area contributed by atoms with Gasteiger partial charge >= 0.3 is 0 Å². The molecule has 1 atom stereocenters. The van der Waals surface area contributed by atoms with Crippen LogP contribution in [0.2, 0.25) is 0 Å². The number of rotatable bonds is 7. The highest BCUT2D eigenvalue weighted by atomic mass is 16.3. The lowest BCUT2D eigenvalue weighted by atomic mass is 10.1. The summed E-state index contributed by atoms with van der Waals surface area (Å²) in [5.41, 5.74) is -0.212. The number of aliphatic hydroxyl groups excluding tert-OH is 1. The van der Waals surface area contributed by atoms with E-state index >= 15 is 0 Å². The lowest BCUT2D eigenvalue weighted by molar-refractivity contribution is -0.132. The summed E-state index contributed by atoms with van der Waals surface area (Å²) < 4.78 is 0. The third-order valence-corrected chi connectivity index (χ3v) is 3.69. The quantitative estimate of drug-likeness (QED) is 0.692. The Morgan fingerprint density at radius 2 is 1.95 bits per heavy atom. The molecule has 0 spiro atoms. The van der Waals surface area contributed by atoms with Crippen LogP contribution in [0.15, 0.2) is 0 Å². The fourth-order valence-corrected chi connectivity index (χ4v) is 2.48. The van der Waals surface area contributed by atoms with Crippen molar-refractivity contribution in [1.29, 1.82) is 0 Å².